The molecule has 0 fully saturated rings. The van der Waals surface area contributed by atoms with Crippen molar-refractivity contribution in [2.75, 3.05) is 0 Å². The van der Waals surface area contributed by atoms with Gasteiger partial charge >= 0.3 is 0 Å². The molecule has 1 heterocycles. The average molecular weight is 293 g/mol. The van der Waals surface area contributed by atoms with E-state index < -0.39 is 0 Å². The summed E-state index contributed by atoms with van der Waals surface area (Å²) in [6, 6.07) is 10.2. The number of hydrogen-bond acceptors (Lipinski definition) is 3. The van der Waals surface area contributed by atoms with Gasteiger partial charge in [-0.3, -0.25) is 0 Å². The molecular weight excluding hydrogens is 278 g/mol. The molecule has 104 valence electrons. The number of rotatable bonds is 1. The van der Waals surface area contributed by atoms with Crippen LogP contribution in [0.5, 0.6) is 5.75 Å². The van der Waals surface area contributed by atoms with E-state index in [1.165, 1.54) is 16.7 Å². The first-order valence-corrected chi connectivity index (χ1v) is 7.93. The van der Waals surface area contributed by atoms with Crippen LogP contribution >= 0.6 is 11.3 Å². The molecule has 0 unspecified atom stereocenters. The number of fused-ring (bicyclic) bond motifs is 2. The van der Waals surface area contributed by atoms with E-state index in [-0.39, 0.29) is 0 Å². The standard InChI is InChI=1S/C18H15NOS/c1-11-5-4-8-16-17(11)19-18(21-16)14-9-12-6-2-3-7-13(12)10-15(14)20/h2,4-6,8-10,20H,3,7H2,1H3. The van der Waals surface area contributed by atoms with E-state index in [2.05, 4.69) is 43.3 Å². The number of allylic oxidation sites excluding steroid dienone is 1. The van der Waals surface area contributed by atoms with E-state index in [1.54, 1.807) is 11.3 Å². The second kappa shape index (κ2) is 4.71. The molecule has 21 heavy (non-hydrogen) atoms. The number of aromatic nitrogens is 1. The van der Waals surface area contributed by atoms with Crippen LogP contribution < -0.4 is 0 Å². The summed E-state index contributed by atoms with van der Waals surface area (Å²) < 4.78 is 1.16. The zero-order valence-electron chi connectivity index (χ0n) is 11.8. The molecule has 0 bridgehead atoms. The van der Waals surface area contributed by atoms with Gasteiger partial charge in [0.05, 0.1) is 15.8 Å². The van der Waals surface area contributed by atoms with Gasteiger partial charge in [0.1, 0.15) is 10.8 Å². The number of phenols is 1. The first-order chi connectivity index (χ1) is 10.2. The summed E-state index contributed by atoms with van der Waals surface area (Å²) in [5.41, 5.74) is 5.46. The maximum absolute atomic E-state index is 10.4. The van der Waals surface area contributed by atoms with Crippen molar-refractivity contribution in [3.63, 3.8) is 0 Å². The van der Waals surface area contributed by atoms with Gasteiger partial charge in [-0.05, 0) is 54.7 Å². The molecule has 1 aromatic heterocycles. The fourth-order valence-corrected chi connectivity index (χ4v) is 3.91. The SMILES string of the molecule is Cc1cccc2sc(-c3cc4c(cc3O)CCC=C4)nc12. The Hall–Kier alpha value is -2.13. The number of benzene rings is 2. The number of thiazole rings is 1. The van der Waals surface area contributed by atoms with Crippen LogP contribution in [0.1, 0.15) is 23.1 Å². The lowest BCUT2D eigenvalue weighted by molar-refractivity contribution is 0.476. The Balaban J connectivity index is 1.92. The summed E-state index contributed by atoms with van der Waals surface area (Å²) in [4.78, 5) is 4.73. The molecule has 0 saturated heterocycles. The van der Waals surface area contributed by atoms with Crippen molar-refractivity contribution < 1.29 is 5.11 Å². The number of hydrogen-bond donors (Lipinski definition) is 1. The van der Waals surface area contributed by atoms with Gasteiger partial charge in [0.15, 0.2) is 0 Å². The van der Waals surface area contributed by atoms with Crippen molar-refractivity contribution in [3.8, 4) is 16.3 Å². The van der Waals surface area contributed by atoms with E-state index in [4.69, 9.17) is 4.98 Å². The Bertz CT molecular complexity index is 876. The van der Waals surface area contributed by atoms with Crippen molar-refractivity contribution in [1.29, 1.82) is 0 Å². The highest BCUT2D eigenvalue weighted by Crippen LogP contribution is 2.38. The summed E-state index contributed by atoms with van der Waals surface area (Å²) >= 11 is 1.63. The normalized spacial score (nSPS) is 13.6. The summed E-state index contributed by atoms with van der Waals surface area (Å²) in [5, 5.41) is 11.2. The second-order valence-corrected chi connectivity index (χ2v) is 6.48. The predicted molar refractivity (Wildman–Crippen MR) is 88.8 cm³/mol. The van der Waals surface area contributed by atoms with Crippen LogP contribution in [0, 0.1) is 6.92 Å². The Morgan fingerprint density at radius 2 is 2.14 bits per heavy atom. The fourth-order valence-electron chi connectivity index (χ4n) is 2.84. The van der Waals surface area contributed by atoms with Crippen molar-refractivity contribution in [3.05, 3.63) is 53.1 Å². The lowest BCUT2D eigenvalue weighted by Gasteiger charge is -2.12. The monoisotopic (exact) mass is 293 g/mol. The summed E-state index contributed by atoms with van der Waals surface area (Å²) in [6.07, 6.45) is 6.37. The predicted octanol–water partition coefficient (Wildman–Crippen LogP) is 4.94. The van der Waals surface area contributed by atoms with Crippen LogP contribution in [0.3, 0.4) is 0 Å². The smallest absolute Gasteiger partial charge is 0.128 e. The summed E-state index contributed by atoms with van der Waals surface area (Å²) in [6.45, 7) is 2.07. The molecule has 0 spiro atoms. The fraction of sp³-hybridized carbons (Fsp3) is 0.167. The van der Waals surface area contributed by atoms with Crippen LogP contribution in [0.15, 0.2) is 36.4 Å². The lowest BCUT2D eigenvalue weighted by Crippen LogP contribution is -1.94. The van der Waals surface area contributed by atoms with E-state index in [0.717, 1.165) is 33.6 Å². The Morgan fingerprint density at radius 1 is 1.24 bits per heavy atom. The molecule has 2 nitrogen and oxygen atoms in total. The quantitative estimate of drug-likeness (QED) is 0.689. The molecular formula is C18H15NOS. The first-order valence-electron chi connectivity index (χ1n) is 7.11. The maximum Gasteiger partial charge on any atom is 0.128 e. The van der Waals surface area contributed by atoms with Crippen molar-refractivity contribution in [2.24, 2.45) is 0 Å². The highest BCUT2D eigenvalue weighted by molar-refractivity contribution is 7.21. The van der Waals surface area contributed by atoms with Crippen LogP contribution in [0.2, 0.25) is 0 Å². The Kier molecular flexibility index (Phi) is 2.82. The molecule has 0 atom stereocenters. The zero-order chi connectivity index (χ0) is 14.4. The summed E-state index contributed by atoms with van der Waals surface area (Å²) in [5.74, 6) is 0.334. The molecule has 1 aliphatic rings. The van der Waals surface area contributed by atoms with E-state index in [0.29, 0.717) is 5.75 Å². The van der Waals surface area contributed by atoms with Gasteiger partial charge < -0.3 is 5.11 Å². The number of phenolic OH excluding ortho intramolecular Hbond substituents is 1. The van der Waals surface area contributed by atoms with Crippen LogP contribution in [-0.4, -0.2) is 10.1 Å². The third kappa shape index (κ3) is 2.05. The number of aryl methyl sites for hydroxylation is 2. The van der Waals surface area contributed by atoms with Gasteiger partial charge in [0.25, 0.3) is 0 Å². The molecule has 2 aromatic carbocycles. The van der Waals surface area contributed by atoms with E-state index >= 15 is 0 Å². The average Bonchev–Trinajstić information content (AvgIpc) is 2.92. The minimum Gasteiger partial charge on any atom is -0.507 e. The molecule has 1 aliphatic carbocycles. The van der Waals surface area contributed by atoms with Crippen molar-refractivity contribution in [1.82, 2.24) is 4.98 Å². The van der Waals surface area contributed by atoms with Crippen molar-refractivity contribution >= 4 is 27.6 Å². The van der Waals surface area contributed by atoms with Crippen molar-refractivity contribution in [2.45, 2.75) is 19.8 Å². The van der Waals surface area contributed by atoms with Gasteiger partial charge in [-0.1, -0.05) is 24.3 Å². The topological polar surface area (TPSA) is 33.1 Å². The lowest BCUT2D eigenvalue weighted by atomic mass is 9.95. The molecule has 0 radical (unpaired) electrons. The molecule has 0 aliphatic heterocycles. The minimum atomic E-state index is 0.334. The molecule has 0 saturated carbocycles. The van der Waals surface area contributed by atoms with E-state index in [1.807, 2.05) is 6.07 Å². The second-order valence-electron chi connectivity index (χ2n) is 5.45. The van der Waals surface area contributed by atoms with Gasteiger partial charge in [-0.15, -0.1) is 11.3 Å². The maximum atomic E-state index is 10.4. The Morgan fingerprint density at radius 3 is 3.00 bits per heavy atom. The third-order valence-electron chi connectivity index (χ3n) is 3.99. The largest absolute Gasteiger partial charge is 0.507 e. The number of aromatic hydroxyl groups is 1. The highest BCUT2D eigenvalue weighted by Gasteiger charge is 2.15. The molecule has 3 aromatic rings. The minimum absolute atomic E-state index is 0.334. The molecule has 0 amide bonds. The van der Waals surface area contributed by atoms with Crippen LogP contribution in [-0.2, 0) is 6.42 Å². The van der Waals surface area contributed by atoms with Gasteiger partial charge in [-0.2, -0.15) is 0 Å². The molecule has 4 rings (SSSR count). The summed E-state index contributed by atoms with van der Waals surface area (Å²) in [7, 11) is 0. The zero-order valence-corrected chi connectivity index (χ0v) is 12.6. The van der Waals surface area contributed by atoms with Gasteiger partial charge in [-0.25, -0.2) is 4.98 Å². The third-order valence-corrected chi connectivity index (χ3v) is 5.04. The van der Waals surface area contributed by atoms with Gasteiger partial charge in [0, 0.05) is 0 Å². The number of nitrogens with zero attached hydrogens (tertiary/aromatic N) is 1. The number of para-hydroxylation sites is 1. The van der Waals surface area contributed by atoms with Gasteiger partial charge in [0.2, 0.25) is 0 Å². The Labute approximate surface area is 127 Å². The molecule has 3 heteroatoms. The first kappa shape index (κ1) is 12.6. The highest BCUT2D eigenvalue weighted by atomic mass is 32.1. The van der Waals surface area contributed by atoms with Crippen LogP contribution in [0.4, 0.5) is 0 Å². The van der Waals surface area contributed by atoms with Crippen LogP contribution in [0.25, 0.3) is 26.9 Å². The molecule has 1 N–H and O–H groups in total. The van der Waals surface area contributed by atoms with E-state index in [9.17, 15) is 5.11 Å².